The van der Waals surface area contributed by atoms with E-state index in [1.54, 1.807) is 0 Å². The summed E-state index contributed by atoms with van der Waals surface area (Å²) < 4.78 is 35.8. The zero-order valence-electron chi connectivity index (χ0n) is 12.0. The number of amides is 1. The summed E-state index contributed by atoms with van der Waals surface area (Å²) in [5, 5.41) is 9.19. The van der Waals surface area contributed by atoms with Gasteiger partial charge in [-0.15, -0.1) is 0 Å². The van der Waals surface area contributed by atoms with Crippen LogP contribution in [0.4, 0.5) is 13.2 Å². The summed E-state index contributed by atoms with van der Waals surface area (Å²) in [5.41, 5.74) is -1.70. The molecule has 1 heterocycles. The van der Waals surface area contributed by atoms with Crippen molar-refractivity contribution >= 4 is 36.1 Å². The van der Waals surface area contributed by atoms with Gasteiger partial charge in [0.25, 0.3) is 0 Å². The molecule has 1 unspecified atom stereocenters. The maximum absolute atomic E-state index is 13.0. The molecule has 1 spiro atoms. The van der Waals surface area contributed by atoms with Gasteiger partial charge in [0.1, 0.15) is 23.0 Å². The first-order valence-electron chi connectivity index (χ1n) is 6.74. The minimum atomic E-state index is -5.02. The summed E-state index contributed by atoms with van der Waals surface area (Å²) in [5.74, 6) is -4.20. The van der Waals surface area contributed by atoms with E-state index in [0.29, 0.717) is 11.8 Å². The first-order valence-corrected chi connectivity index (χ1v) is 7.19. The van der Waals surface area contributed by atoms with E-state index >= 15 is 0 Å². The fourth-order valence-corrected chi connectivity index (χ4v) is 3.13. The van der Waals surface area contributed by atoms with Crippen molar-refractivity contribution in [1.82, 2.24) is 4.90 Å². The SMILES string of the molecule is CC(S)(C(=O)N1CC2(C[C@H]1C(=O)O)C(=O)CCC2=O)C(F)(F)F. The van der Waals surface area contributed by atoms with Gasteiger partial charge in [-0.3, -0.25) is 14.4 Å². The van der Waals surface area contributed by atoms with Crippen molar-refractivity contribution in [2.45, 2.75) is 43.2 Å². The number of Topliss-reactive ketones (excluding diaryl/α,β-unsaturated/α-hetero) is 2. The molecular weight excluding hydrogens is 339 g/mol. The van der Waals surface area contributed by atoms with Gasteiger partial charge in [-0.2, -0.15) is 25.8 Å². The quantitative estimate of drug-likeness (QED) is 0.567. The molecule has 0 radical (unpaired) electrons. The molecule has 1 amide bonds. The van der Waals surface area contributed by atoms with Crippen molar-refractivity contribution < 1.29 is 37.5 Å². The molecule has 6 nitrogen and oxygen atoms in total. The summed E-state index contributed by atoms with van der Waals surface area (Å²) in [4.78, 5) is 48.0. The van der Waals surface area contributed by atoms with E-state index in [9.17, 15) is 37.5 Å². The number of halogens is 3. The summed E-state index contributed by atoms with van der Waals surface area (Å²) in [6.07, 6.45) is -5.70. The number of carbonyl (C=O) groups is 4. The predicted octanol–water partition coefficient (Wildman–Crippen LogP) is 0.841. The number of carboxylic acid groups (broad SMARTS) is 1. The lowest BCUT2D eigenvalue weighted by Crippen LogP contribution is -2.55. The lowest BCUT2D eigenvalue weighted by molar-refractivity contribution is -0.177. The zero-order chi connectivity index (χ0) is 17.8. The van der Waals surface area contributed by atoms with Crippen LogP contribution in [0.5, 0.6) is 0 Å². The number of aliphatic carboxylic acids is 1. The highest BCUT2D eigenvalue weighted by Gasteiger charge is 2.63. The second-order valence-electron chi connectivity index (χ2n) is 5.99. The average molecular weight is 353 g/mol. The van der Waals surface area contributed by atoms with Crippen LogP contribution in [-0.2, 0) is 19.2 Å². The summed E-state index contributed by atoms with van der Waals surface area (Å²) in [7, 11) is 0. The number of carbonyl (C=O) groups excluding carboxylic acids is 3. The smallest absolute Gasteiger partial charge is 0.411 e. The molecule has 0 aromatic heterocycles. The van der Waals surface area contributed by atoms with E-state index < -0.39 is 58.8 Å². The highest BCUT2D eigenvalue weighted by molar-refractivity contribution is 7.82. The van der Waals surface area contributed by atoms with Crippen molar-refractivity contribution in [1.29, 1.82) is 0 Å². The van der Waals surface area contributed by atoms with Crippen LogP contribution in [0.15, 0.2) is 0 Å². The van der Waals surface area contributed by atoms with Gasteiger partial charge in [0.2, 0.25) is 5.91 Å². The van der Waals surface area contributed by atoms with Crippen LogP contribution in [-0.4, -0.2) is 57.0 Å². The van der Waals surface area contributed by atoms with Crippen molar-refractivity contribution in [3.8, 4) is 0 Å². The molecule has 0 aromatic carbocycles. The number of hydrogen-bond donors (Lipinski definition) is 2. The molecule has 10 heteroatoms. The van der Waals surface area contributed by atoms with E-state index in [-0.39, 0.29) is 12.8 Å². The number of thiol groups is 1. The van der Waals surface area contributed by atoms with Crippen LogP contribution in [0, 0.1) is 5.41 Å². The number of nitrogens with zero attached hydrogens (tertiary/aromatic N) is 1. The summed E-state index contributed by atoms with van der Waals surface area (Å²) in [6.45, 7) is -0.132. The van der Waals surface area contributed by atoms with Gasteiger partial charge >= 0.3 is 12.1 Å². The van der Waals surface area contributed by atoms with Gasteiger partial charge in [-0.25, -0.2) is 4.79 Å². The van der Waals surface area contributed by atoms with Crippen LogP contribution in [0.1, 0.15) is 26.2 Å². The van der Waals surface area contributed by atoms with Crippen LogP contribution in [0.3, 0.4) is 0 Å². The number of hydrogen-bond acceptors (Lipinski definition) is 5. The Balaban J connectivity index is 2.41. The van der Waals surface area contributed by atoms with Crippen molar-refractivity contribution in [3.63, 3.8) is 0 Å². The fraction of sp³-hybridized carbons (Fsp3) is 0.692. The molecule has 2 rings (SSSR count). The van der Waals surface area contributed by atoms with E-state index in [1.165, 1.54) is 0 Å². The molecule has 1 aliphatic heterocycles. The molecule has 128 valence electrons. The maximum atomic E-state index is 13.0. The van der Waals surface area contributed by atoms with Crippen LogP contribution in [0.2, 0.25) is 0 Å². The summed E-state index contributed by atoms with van der Waals surface area (Å²) in [6, 6.07) is -1.66. The second-order valence-corrected chi connectivity index (χ2v) is 6.88. The monoisotopic (exact) mass is 353 g/mol. The molecule has 1 aliphatic carbocycles. The second kappa shape index (κ2) is 5.22. The van der Waals surface area contributed by atoms with E-state index in [0.717, 1.165) is 0 Å². The third-order valence-corrected chi connectivity index (χ3v) is 4.96. The Morgan fingerprint density at radius 1 is 1.26 bits per heavy atom. The predicted molar refractivity (Wildman–Crippen MR) is 72.9 cm³/mol. The van der Waals surface area contributed by atoms with Gasteiger partial charge in [0, 0.05) is 19.4 Å². The lowest BCUT2D eigenvalue weighted by Gasteiger charge is -2.32. The lowest BCUT2D eigenvalue weighted by atomic mass is 9.82. The summed E-state index contributed by atoms with van der Waals surface area (Å²) >= 11 is 3.34. The number of carboxylic acids is 1. The maximum Gasteiger partial charge on any atom is 0.411 e. The molecular formula is C13H14F3NO5S. The van der Waals surface area contributed by atoms with E-state index in [2.05, 4.69) is 12.6 Å². The number of rotatable bonds is 2. The largest absolute Gasteiger partial charge is 0.480 e. The van der Waals surface area contributed by atoms with Crippen LogP contribution >= 0.6 is 12.6 Å². The number of ketones is 2. The Labute approximate surface area is 134 Å². The van der Waals surface area contributed by atoms with Gasteiger partial charge in [0.15, 0.2) is 4.75 Å². The molecule has 0 aromatic rings. The third kappa shape index (κ3) is 2.52. The Morgan fingerprint density at radius 2 is 1.74 bits per heavy atom. The minimum Gasteiger partial charge on any atom is -0.480 e. The van der Waals surface area contributed by atoms with Crippen molar-refractivity contribution in [3.05, 3.63) is 0 Å². The van der Waals surface area contributed by atoms with E-state index in [4.69, 9.17) is 0 Å². The van der Waals surface area contributed by atoms with Crippen molar-refractivity contribution in [2.24, 2.45) is 5.41 Å². The van der Waals surface area contributed by atoms with Crippen LogP contribution in [0.25, 0.3) is 0 Å². The van der Waals surface area contributed by atoms with Gasteiger partial charge in [0.05, 0.1) is 0 Å². The highest BCUT2D eigenvalue weighted by Crippen LogP contribution is 2.46. The standard InChI is InChI=1S/C13H14F3NO5S/c1-11(23,13(14,15)16)10(22)17-5-12(4-6(17)9(20)21)7(18)2-3-8(12)19/h6,23H,2-5H2,1H3,(H,20,21)/t6-,11?/m0/s1. The van der Waals surface area contributed by atoms with E-state index in [1.807, 2.05) is 0 Å². The molecule has 2 aliphatic rings. The Hall–Kier alpha value is -1.58. The first-order chi connectivity index (χ1) is 10.3. The number of likely N-dealkylation sites (tertiary alicyclic amines) is 1. The Morgan fingerprint density at radius 3 is 2.13 bits per heavy atom. The molecule has 2 atom stereocenters. The van der Waals surface area contributed by atoms with Gasteiger partial charge in [-0.05, 0) is 13.3 Å². The third-order valence-electron chi connectivity index (χ3n) is 4.52. The fourth-order valence-electron chi connectivity index (χ4n) is 3.01. The molecule has 23 heavy (non-hydrogen) atoms. The van der Waals surface area contributed by atoms with Crippen molar-refractivity contribution in [2.75, 3.05) is 6.54 Å². The Kier molecular flexibility index (Phi) is 4.03. The zero-order valence-corrected chi connectivity index (χ0v) is 12.9. The Bertz CT molecular complexity index is 585. The molecule has 2 fully saturated rings. The van der Waals surface area contributed by atoms with Crippen LogP contribution < -0.4 is 0 Å². The molecule has 1 N–H and O–H groups in total. The topological polar surface area (TPSA) is 91.8 Å². The average Bonchev–Trinajstić information content (AvgIpc) is 2.94. The minimum absolute atomic E-state index is 0.0926. The molecule has 1 saturated heterocycles. The first kappa shape index (κ1) is 17.8. The highest BCUT2D eigenvalue weighted by atomic mass is 32.1. The molecule has 0 bridgehead atoms. The normalized spacial score (nSPS) is 26.7. The number of alkyl halides is 3. The molecule has 1 saturated carbocycles. The van der Waals surface area contributed by atoms with Gasteiger partial charge in [-0.1, -0.05) is 0 Å². The van der Waals surface area contributed by atoms with Gasteiger partial charge < -0.3 is 10.0 Å².